The van der Waals surface area contributed by atoms with E-state index in [1.165, 1.54) is 5.56 Å². The third-order valence-corrected chi connectivity index (χ3v) is 6.75. The number of aryl methyl sites for hydroxylation is 2. The zero-order chi connectivity index (χ0) is 24.8. The van der Waals surface area contributed by atoms with Gasteiger partial charge in [-0.3, -0.25) is 9.69 Å². The van der Waals surface area contributed by atoms with Crippen molar-refractivity contribution in [2.45, 2.75) is 27.3 Å². The first-order chi connectivity index (χ1) is 16.9. The molecule has 0 unspecified atom stereocenters. The van der Waals surface area contributed by atoms with Crippen molar-refractivity contribution >= 4 is 33.9 Å². The van der Waals surface area contributed by atoms with Gasteiger partial charge in [0.15, 0.2) is 5.11 Å². The number of aromatic nitrogens is 1. The first-order valence-electron chi connectivity index (χ1n) is 12.1. The van der Waals surface area contributed by atoms with E-state index in [9.17, 15) is 4.79 Å². The molecule has 8 heteroatoms. The molecule has 0 bridgehead atoms. The Morgan fingerprint density at radius 1 is 1.14 bits per heavy atom. The van der Waals surface area contributed by atoms with Gasteiger partial charge in [0, 0.05) is 42.9 Å². The molecule has 0 spiro atoms. The number of hydrogen-bond acceptors (Lipinski definition) is 5. The van der Waals surface area contributed by atoms with Crippen LogP contribution >= 0.6 is 12.2 Å². The molecular weight excluding hydrogens is 460 g/mol. The van der Waals surface area contributed by atoms with Crippen LogP contribution in [0.15, 0.2) is 47.3 Å². The van der Waals surface area contributed by atoms with Crippen LogP contribution < -0.4 is 15.6 Å². The van der Waals surface area contributed by atoms with Crippen molar-refractivity contribution in [3.8, 4) is 5.75 Å². The summed E-state index contributed by atoms with van der Waals surface area (Å²) in [5.41, 5.74) is 4.71. The minimum atomic E-state index is -0.0824. The summed E-state index contributed by atoms with van der Waals surface area (Å²) in [6.45, 7) is 12.0. The molecule has 35 heavy (non-hydrogen) atoms. The summed E-state index contributed by atoms with van der Waals surface area (Å²) >= 11 is 5.81. The van der Waals surface area contributed by atoms with Crippen LogP contribution in [0.2, 0.25) is 0 Å². The number of ether oxygens (including phenoxy) is 2. The van der Waals surface area contributed by atoms with Gasteiger partial charge in [0.05, 0.1) is 26.4 Å². The normalized spacial score (nSPS) is 14.1. The number of nitrogens with zero attached hydrogens (tertiary/aromatic N) is 2. The van der Waals surface area contributed by atoms with Crippen molar-refractivity contribution in [1.82, 2.24) is 14.8 Å². The standard InChI is InChI=1S/C27H34N4O3S/c1-4-34-24-7-5-23(6-8-24)28-27(35)31(10-9-30-11-13-33-14-12-30)18-22-17-21-15-19(2)20(3)16-25(21)29-26(22)32/h5-8,15-17H,4,9-14,18H2,1-3H3,(H,28,35)(H,29,32). The summed E-state index contributed by atoms with van der Waals surface area (Å²) in [4.78, 5) is 20.5. The average Bonchev–Trinajstić information content (AvgIpc) is 2.85. The van der Waals surface area contributed by atoms with Gasteiger partial charge in [-0.25, -0.2) is 0 Å². The van der Waals surface area contributed by atoms with Crippen molar-refractivity contribution in [2.75, 3.05) is 51.3 Å². The van der Waals surface area contributed by atoms with Crippen LogP contribution in [-0.4, -0.2) is 65.9 Å². The summed E-state index contributed by atoms with van der Waals surface area (Å²) in [5, 5.41) is 4.95. The minimum Gasteiger partial charge on any atom is -0.494 e. The first kappa shape index (κ1) is 25.2. The second-order valence-electron chi connectivity index (χ2n) is 8.91. The van der Waals surface area contributed by atoms with Gasteiger partial charge in [0.25, 0.3) is 5.56 Å². The number of rotatable bonds is 8. The van der Waals surface area contributed by atoms with E-state index in [2.05, 4.69) is 40.0 Å². The van der Waals surface area contributed by atoms with Gasteiger partial charge >= 0.3 is 0 Å². The molecule has 0 atom stereocenters. The molecular formula is C27H34N4O3S. The number of thiocarbonyl (C=S) groups is 1. The number of pyridine rings is 1. The molecule has 1 aliphatic heterocycles. The van der Waals surface area contributed by atoms with Gasteiger partial charge < -0.3 is 24.7 Å². The lowest BCUT2D eigenvalue weighted by molar-refractivity contribution is 0.0358. The Morgan fingerprint density at radius 2 is 1.86 bits per heavy atom. The maximum absolute atomic E-state index is 13.0. The van der Waals surface area contributed by atoms with Crippen LogP contribution in [0.1, 0.15) is 23.6 Å². The van der Waals surface area contributed by atoms with Crippen LogP contribution in [0.25, 0.3) is 10.9 Å². The zero-order valence-corrected chi connectivity index (χ0v) is 21.5. The topological polar surface area (TPSA) is 69.8 Å². The van der Waals surface area contributed by atoms with E-state index < -0.39 is 0 Å². The summed E-state index contributed by atoms with van der Waals surface area (Å²) in [7, 11) is 0. The molecule has 0 saturated carbocycles. The van der Waals surface area contributed by atoms with Gasteiger partial charge in [-0.05, 0) is 92.0 Å². The number of anilines is 1. The maximum Gasteiger partial charge on any atom is 0.253 e. The van der Waals surface area contributed by atoms with Gasteiger partial charge in [-0.2, -0.15) is 0 Å². The fourth-order valence-corrected chi connectivity index (χ4v) is 4.46. The van der Waals surface area contributed by atoms with Gasteiger partial charge in [-0.15, -0.1) is 0 Å². The van der Waals surface area contributed by atoms with Gasteiger partial charge in [-0.1, -0.05) is 0 Å². The Bertz CT molecular complexity index is 1220. The van der Waals surface area contributed by atoms with Crippen molar-refractivity contribution < 1.29 is 9.47 Å². The molecule has 7 nitrogen and oxygen atoms in total. The molecule has 2 N–H and O–H groups in total. The molecule has 0 radical (unpaired) electrons. The molecule has 4 rings (SSSR count). The number of morpholine rings is 1. The van der Waals surface area contributed by atoms with E-state index in [1.54, 1.807) is 0 Å². The fraction of sp³-hybridized carbons (Fsp3) is 0.407. The quantitative estimate of drug-likeness (QED) is 0.458. The lowest BCUT2D eigenvalue weighted by Crippen LogP contribution is -2.44. The molecule has 0 amide bonds. The molecule has 186 valence electrons. The van der Waals surface area contributed by atoms with E-state index in [1.807, 2.05) is 43.3 Å². The average molecular weight is 495 g/mol. The number of fused-ring (bicyclic) bond motifs is 1. The van der Waals surface area contributed by atoms with Crippen molar-refractivity contribution in [1.29, 1.82) is 0 Å². The van der Waals surface area contributed by atoms with Crippen LogP contribution in [-0.2, 0) is 11.3 Å². The lowest BCUT2D eigenvalue weighted by atomic mass is 10.0. The second-order valence-corrected chi connectivity index (χ2v) is 9.30. The summed E-state index contributed by atoms with van der Waals surface area (Å²) in [6.07, 6.45) is 0. The van der Waals surface area contributed by atoms with E-state index in [-0.39, 0.29) is 5.56 Å². The molecule has 1 aromatic heterocycles. The highest BCUT2D eigenvalue weighted by Crippen LogP contribution is 2.19. The van der Waals surface area contributed by atoms with Crippen molar-refractivity contribution in [3.63, 3.8) is 0 Å². The highest BCUT2D eigenvalue weighted by molar-refractivity contribution is 7.80. The van der Waals surface area contributed by atoms with E-state index in [0.717, 1.165) is 60.8 Å². The molecule has 2 aromatic carbocycles. The predicted molar refractivity (Wildman–Crippen MR) is 146 cm³/mol. The second kappa shape index (κ2) is 11.7. The Kier molecular flexibility index (Phi) is 8.38. The highest BCUT2D eigenvalue weighted by atomic mass is 32.1. The Balaban J connectivity index is 1.54. The largest absolute Gasteiger partial charge is 0.494 e. The minimum absolute atomic E-state index is 0.0824. The molecule has 1 fully saturated rings. The third-order valence-electron chi connectivity index (χ3n) is 6.39. The molecule has 0 aliphatic carbocycles. The Labute approximate surface area is 212 Å². The summed E-state index contributed by atoms with van der Waals surface area (Å²) in [5.74, 6) is 0.821. The number of H-pyrrole nitrogens is 1. The van der Waals surface area contributed by atoms with E-state index in [4.69, 9.17) is 21.7 Å². The monoisotopic (exact) mass is 494 g/mol. The number of nitrogens with one attached hydrogen (secondary N) is 2. The molecule has 3 aromatic rings. The zero-order valence-electron chi connectivity index (χ0n) is 20.7. The maximum atomic E-state index is 13.0. The van der Waals surface area contributed by atoms with Crippen molar-refractivity contribution in [3.05, 3.63) is 69.5 Å². The SMILES string of the molecule is CCOc1ccc(NC(=S)N(CCN2CCOCC2)Cc2cc3cc(C)c(C)cc3[nH]c2=O)cc1. The molecule has 2 heterocycles. The van der Waals surface area contributed by atoms with Crippen LogP contribution in [0, 0.1) is 13.8 Å². The summed E-state index contributed by atoms with van der Waals surface area (Å²) < 4.78 is 11.0. The van der Waals surface area contributed by atoms with Crippen LogP contribution in [0.5, 0.6) is 5.75 Å². The smallest absolute Gasteiger partial charge is 0.253 e. The lowest BCUT2D eigenvalue weighted by Gasteiger charge is -2.31. The van der Waals surface area contributed by atoms with Crippen LogP contribution in [0.3, 0.4) is 0 Å². The Hall–Kier alpha value is -2.94. The Morgan fingerprint density at radius 3 is 2.57 bits per heavy atom. The summed E-state index contributed by atoms with van der Waals surface area (Å²) in [6, 6.07) is 13.9. The predicted octanol–water partition coefficient (Wildman–Crippen LogP) is 4.07. The van der Waals surface area contributed by atoms with Crippen molar-refractivity contribution in [2.24, 2.45) is 0 Å². The number of benzene rings is 2. The van der Waals surface area contributed by atoms with E-state index >= 15 is 0 Å². The van der Waals surface area contributed by atoms with Crippen LogP contribution in [0.4, 0.5) is 5.69 Å². The third kappa shape index (κ3) is 6.60. The van der Waals surface area contributed by atoms with E-state index in [0.29, 0.717) is 30.4 Å². The van der Waals surface area contributed by atoms with Gasteiger partial charge in [0.1, 0.15) is 5.75 Å². The number of aromatic amines is 1. The molecule has 1 saturated heterocycles. The molecule has 1 aliphatic rings. The number of hydrogen-bond donors (Lipinski definition) is 2. The highest BCUT2D eigenvalue weighted by Gasteiger charge is 2.17. The van der Waals surface area contributed by atoms with Gasteiger partial charge in [0.2, 0.25) is 0 Å². The first-order valence-corrected chi connectivity index (χ1v) is 12.6. The fourth-order valence-electron chi connectivity index (χ4n) is 4.19.